The first kappa shape index (κ1) is 17.8. The van der Waals surface area contributed by atoms with Crippen LogP contribution in [0.25, 0.3) is 11.3 Å². The van der Waals surface area contributed by atoms with Crippen molar-refractivity contribution in [2.75, 3.05) is 0 Å². The van der Waals surface area contributed by atoms with Crippen LogP contribution in [0.4, 0.5) is 4.39 Å². The molecule has 2 aromatic carbocycles. The maximum atomic E-state index is 12.9. The number of carbonyl (C=O) groups is 1. The van der Waals surface area contributed by atoms with E-state index >= 15 is 0 Å². The molecule has 26 heavy (non-hydrogen) atoms. The van der Waals surface area contributed by atoms with E-state index in [0.717, 1.165) is 15.8 Å². The van der Waals surface area contributed by atoms with Crippen molar-refractivity contribution in [1.82, 2.24) is 15.1 Å². The molecule has 0 saturated carbocycles. The molecular weight excluding hydrogens is 357 g/mol. The summed E-state index contributed by atoms with van der Waals surface area (Å²) in [7, 11) is 0. The SMILES string of the molecule is O=C(Cn1nc(-c2ccc(Cl)cc2)ccc1=O)NCc1ccc(F)cc1. The van der Waals surface area contributed by atoms with Crippen molar-refractivity contribution >= 4 is 17.5 Å². The van der Waals surface area contributed by atoms with Gasteiger partial charge in [0.2, 0.25) is 5.91 Å². The van der Waals surface area contributed by atoms with Gasteiger partial charge in [-0.25, -0.2) is 9.07 Å². The molecule has 7 heteroatoms. The Kier molecular flexibility index (Phi) is 5.43. The lowest BCUT2D eigenvalue weighted by molar-refractivity contribution is -0.122. The van der Waals surface area contributed by atoms with Crippen LogP contribution in [0.5, 0.6) is 0 Å². The predicted octanol–water partition coefficient (Wildman–Crippen LogP) is 3.02. The number of amides is 1. The van der Waals surface area contributed by atoms with Crippen molar-refractivity contribution in [3.05, 3.63) is 87.4 Å². The Morgan fingerprint density at radius 2 is 1.73 bits per heavy atom. The minimum Gasteiger partial charge on any atom is -0.350 e. The van der Waals surface area contributed by atoms with Crippen molar-refractivity contribution in [3.8, 4) is 11.3 Å². The molecule has 1 N–H and O–H groups in total. The Morgan fingerprint density at radius 1 is 1.04 bits per heavy atom. The fraction of sp³-hybridized carbons (Fsp3) is 0.105. The predicted molar refractivity (Wildman–Crippen MR) is 97.2 cm³/mol. The molecule has 0 radical (unpaired) electrons. The molecule has 0 saturated heterocycles. The van der Waals surface area contributed by atoms with Crippen LogP contribution in [-0.4, -0.2) is 15.7 Å². The van der Waals surface area contributed by atoms with Gasteiger partial charge in [-0.3, -0.25) is 9.59 Å². The van der Waals surface area contributed by atoms with Gasteiger partial charge in [0.05, 0.1) is 5.69 Å². The van der Waals surface area contributed by atoms with Gasteiger partial charge in [-0.2, -0.15) is 5.10 Å². The summed E-state index contributed by atoms with van der Waals surface area (Å²) in [4.78, 5) is 24.1. The number of hydrogen-bond donors (Lipinski definition) is 1. The van der Waals surface area contributed by atoms with E-state index in [0.29, 0.717) is 10.7 Å². The van der Waals surface area contributed by atoms with E-state index in [2.05, 4.69) is 10.4 Å². The number of benzene rings is 2. The van der Waals surface area contributed by atoms with E-state index in [4.69, 9.17) is 11.6 Å². The number of nitrogens with zero attached hydrogens (tertiary/aromatic N) is 2. The summed E-state index contributed by atoms with van der Waals surface area (Å²) in [6, 6.07) is 15.8. The zero-order chi connectivity index (χ0) is 18.5. The van der Waals surface area contributed by atoms with Crippen LogP contribution in [0.2, 0.25) is 5.02 Å². The van der Waals surface area contributed by atoms with Crippen LogP contribution in [0.1, 0.15) is 5.56 Å². The molecule has 132 valence electrons. The lowest BCUT2D eigenvalue weighted by atomic mass is 10.1. The van der Waals surface area contributed by atoms with E-state index in [9.17, 15) is 14.0 Å². The fourth-order valence-electron chi connectivity index (χ4n) is 2.33. The highest BCUT2D eigenvalue weighted by molar-refractivity contribution is 6.30. The molecule has 3 aromatic rings. The lowest BCUT2D eigenvalue weighted by Crippen LogP contribution is -2.33. The van der Waals surface area contributed by atoms with Gasteiger partial charge in [0.1, 0.15) is 12.4 Å². The van der Waals surface area contributed by atoms with Crippen LogP contribution < -0.4 is 10.9 Å². The third-order valence-corrected chi connectivity index (χ3v) is 3.95. The first-order chi connectivity index (χ1) is 12.5. The van der Waals surface area contributed by atoms with Gasteiger partial charge in [-0.1, -0.05) is 35.9 Å². The maximum Gasteiger partial charge on any atom is 0.267 e. The quantitative estimate of drug-likeness (QED) is 0.749. The van der Waals surface area contributed by atoms with Crippen LogP contribution in [0, 0.1) is 5.82 Å². The molecule has 1 heterocycles. The van der Waals surface area contributed by atoms with Gasteiger partial charge >= 0.3 is 0 Å². The highest BCUT2D eigenvalue weighted by Gasteiger charge is 2.08. The molecule has 5 nitrogen and oxygen atoms in total. The summed E-state index contributed by atoms with van der Waals surface area (Å²) in [6.45, 7) is 0.0339. The maximum absolute atomic E-state index is 12.9. The van der Waals surface area contributed by atoms with Crippen molar-refractivity contribution in [2.45, 2.75) is 13.1 Å². The van der Waals surface area contributed by atoms with Gasteiger partial charge in [-0.15, -0.1) is 0 Å². The van der Waals surface area contributed by atoms with Crippen LogP contribution in [0.15, 0.2) is 65.5 Å². The van der Waals surface area contributed by atoms with Crippen molar-refractivity contribution in [1.29, 1.82) is 0 Å². The summed E-state index contributed by atoms with van der Waals surface area (Å²) in [5.41, 5.74) is 1.73. The summed E-state index contributed by atoms with van der Waals surface area (Å²) >= 11 is 5.87. The second-order valence-electron chi connectivity index (χ2n) is 5.62. The van der Waals surface area contributed by atoms with E-state index < -0.39 is 0 Å². The minimum atomic E-state index is -0.375. The first-order valence-corrected chi connectivity index (χ1v) is 8.24. The second-order valence-corrected chi connectivity index (χ2v) is 6.06. The normalized spacial score (nSPS) is 10.5. The van der Waals surface area contributed by atoms with E-state index in [1.54, 1.807) is 42.5 Å². The molecule has 0 aliphatic heterocycles. The molecule has 0 fully saturated rings. The number of carbonyl (C=O) groups excluding carboxylic acids is 1. The number of halogens is 2. The Bertz CT molecular complexity index is 969. The third kappa shape index (κ3) is 4.55. The highest BCUT2D eigenvalue weighted by atomic mass is 35.5. The highest BCUT2D eigenvalue weighted by Crippen LogP contribution is 2.18. The molecular formula is C19H15ClFN3O2. The Labute approximate surface area is 154 Å². The summed E-state index contributed by atoms with van der Waals surface area (Å²) in [5, 5.41) is 7.51. The van der Waals surface area contributed by atoms with Crippen LogP contribution >= 0.6 is 11.6 Å². The van der Waals surface area contributed by atoms with Crippen LogP contribution in [0.3, 0.4) is 0 Å². The van der Waals surface area contributed by atoms with Gasteiger partial charge in [0.25, 0.3) is 5.56 Å². The summed E-state index contributed by atoms with van der Waals surface area (Å²) in [6.07, 6.45) is 0. The van der Waals surface area contributed by atoms with Crippen molar-refractivity contribution in [2.24, 2.45) is 0 Å². The van der Waals surface area contributed by atoms with Crippen molar-refractivity contribution in [3.63, 3.8) is 0 Å². The van der Waals surface area contributed by atoms with Gasteiger partial charge in [0.15, 0.2) is 0 Å². The lowest BCUT2D eigenvalue weighted by Gasteiger charge is -2.08. The molecule has 1 aromatic heterocycles. The smallest absolute Gasteiger partial charge is 0.267 e. The fourth-order valence-corrected chi connectivity index (χ4v) is 2.46. The average molecular weight is 372 g/mol. The molecule has 0 unspecified atom stereocenters. The minimum absolute atomic E-state index is 0.207. The standard InChI is InChI=1S/C19H15ClFN3O2/c20-15-5-3-14(4-6-15)17-9-10-19(26)24(23-17)12-18(25)22-11-13-1-7-16(21)8-2-13/h1-10H,11-12H2,(H,22,25). The summed E-state index contributed by atoms with van der Waals surface area (Å²) in [5.74, 6) is -0.702. The Morgan fingerprint density at radius 3 is 2.42 bits per heavy atom. The van der Waals surface area contributed by atoms with E-state index in [1.165, 1.54) is 18.2 Å². The second kappa shape index (κ2) is 7.93. The Balaban J connectivity index is 1.69. The van der Waals surface area contributed by atoms with Gasteiger partial charge < -0.3 is 5.32 Å². The number of aromatic nitrogens is 2. The molecule has 0 bridgehead atoms. The molecule has 0 aliphatic carbocycles. The van der Waals surface area contributed by atoms with Gasteiger partial charge in [0, 0.05) is 23.2 Å². The zero-order valence-corrected chi connectivity index (χ0v) is 14.4. The molecule has 0 atom stereocenters. The number of nitrogens with one attached hydrogen (secondary N) is 1. The average Bonchev–Trinajstić information content (AvgIpc) is 2.64. The van der Waals surface area contributed by atoms with E-state index in [-0.39, 0.29) is 30.4 Å². The van der Waals surface area contributed by atoms with Gasteiger partial charge in [-0.05, 0) is 35.9 Å². The monoisotopic (exact) mass is 371 g/mol. The summed E-state index contributed by atoms with van der Waals surface area (Å²) < 4.78 is 14.0. The first-order valence-electron chi connectivity index (χ1n) is 7.86. The molecule has 0 spiro atoms. The molecule has 0 aliphatic rings. The van der Waals surface area contributed by atoms with Crippen molar-refractivity contribution < 1.29 is 9.18 Å². The third-order valence-electron chi connectivity index (χ3n) is 3.70. The molecule has 1 amide bonds. The zero-order valence-electron chi connectivity index (χ0n) is 13.7. The number of rotatable bonds is 5. The van der Waals surface area contributed by atoms with E-state index in [1.807, 2.05) is 0 Å². The van der Waals surface area contributed by atoms with Crippen LogP contribution in [-0.2, 0) is 17.9 Å². The Hall–Kier alpha value is -2.99. The topological polar surface area (TPSA) is 64.0 Å². The number of hydrogen-bond acceptors (Lipinski definition) is 3. The largest absolute Gasteiger partial charge is 0.350 e. The molecule has 3 rings (SSSR count).